The lowest BCUT2D eigenvalue weighted by Gasteiger charge is -2.02. The molecule has 0 bridgehead atoms. The van der Waals surface area contributed by atoms with Crippen LogP contribution in [0.25, 0.3) is 22.2 Å². The van der Waals surface area contributed by atoms with Gasteiger partial charge in [0, 0.05) is 28.9 Å². The lowest BCUT2D eigenvalue weighted by atomic mass is 10.1. The molecular formula is C15H12N2O3. The number of hydrogen-bond donors (Lipinski definition) is 3. The van der Waals surface area contributed by atoms with Gasteiger partial charge < -0.3 is 15.2 Å². The van der Waals surface area contributed by atoms with Gasteiger partial charge in [0.2, 0.25) is 0 Å². The number of aromatic carboxylic acids is 1. The highest BCUT2D eigenvalue weighted by Crippen LogP contribution is 2.28. The minimum atomic E-state index is -0.962. The van der Waals surface area contributed by atoms with Crippen LogP contribution in [-0.4, -0.2) is 26.2 Å². The van der Waals surface area contributed by atoms with Crippen LogP contribution in [0.5, 0.6) is 0 Å². The van der Waals surface area contributed by atoms with E-state index in [0.29, 0.717) is 5.69 Å². The van der Waals surface area contributed by atoms with Gasteiger partial charge in [0.05, 0.1) is 17.9 Å². The Labute approximate surface area is 114 Å². The Bertz CT molecular complexity index is 793. The summed E-state index contributed by atoms with van der Waals surface area (Å²) >= 11 is 0. The zero-order valence-electron chi connectivity index (χ0n) is 10.5. The molecule has 0 atom stereocenters. The number of hydrogen-bond acceptors (Lipinski definition) is 3. The van der Waals surface area contributed by atoms with E-state index in [-0.39, 0.29) is 12.2 Å². The molecule has 2 aromatic heterocycles. The van der Waals surface area contributed by atoms with Crippen LogP contribution in [-0.2, 0) is 6.61 Å². The van der Waals surface area contributed by atoms with Gasteiger partial charge in [-0.15, -0.1) is 0 Å². The average molecular weight is 268 g/mol. The van der Waals surface area contributed by atoms with Crippen molar-refractivity contribution in [1.82, 2.24) is 9.97 Å². The van der Waals surface area contributed by atoms with Crippen molar-refractivity contribution in [3.63, 3.8) is 0 Å². The van der Waals surface area contributed by atoms with Crippen molar-refractivity contribution in [2.45, 2.75) is 6.61 Å². The molecule has 3 aromatic rings. The number of carboxylic acids is 1. The van der Waals surface area contributed by atoms with Crippen molar-refractivity contribution in [2.24, 2.45) is 0 Å². The quantitative estimate of drug-likeness (QED) is 0.681. The van der Waals surface area contributed by atoms with Crippen LogP contribution in [0.1, 0.15) is 15.9 Å². The molecule has 0 saturated heterocycles. The molecule has 20 heavy (non-hydrogen) atoms. The van der Waals surface area contributed by atoms with Gasteiger partial charge in [-0.2, -0.15) is 0 Å². The standard InChI is InChI=1S/C15H12N2O3/c18-8-9-3-4-16-14(5-9)12-7-17-13-2-1-10(15(19)20)6-11(12)13/h1-7,17-18H,8H2,(H,19,20). The van der Waals surface area contributed by atoms with Gasteiger partial charge in [-0.25, -0.2) is 4.79 Å². The number of nitrogens with one attached hydrogen (secondary N) is 1. The number of pyridine rings is 1. The number of nitrogens with zero attached hydrogens (tertiary/aromatic N) is 1. The monoisotopic (exact) mass is 268 g/mol. The van der Waals surface area contributed by atoms with E-state index >= 15 is 0 Å². The third-order valence-electron chi connectivity index (χ3n) is 3.21. The number of carboxylic acid groups (broad SMARTS) is 1. The molecule has 5 heteroatoms. The Kier molecular flexibility index (Phi) is 2.96. The van der Waals surface area contributed by atoms with Gasteiger partial charge >= 0.3 is 5.97 Å². The Morgan fingerprint density at radius 2 is 2.10 bits per heavy atom. The molecule has 5 nitrogen and oxygen atoms in total. The molecule has 0 aliphatic carbocycles. The van der Waals surface area contributed by atoms with Crippen LogP contribution in [0, 0.1) is 0 Å². The first kappa shape index (κ1) is 12.4. The number of aromatic amines is 1. The van der Waals surface area contributed by atoms with Gasteiger partial charge in [0.15, 0.2) is 0 Å². The summed E-state index contributed by atoms with van der Waals surface area (Å²) in [6, 6.07) is 8.44. The number of aromatic nitrogens is 2. The summed E-state index contributed by atoms with van der Waals surface area (Å²) in [5.74, 6) is -0.962. The third-order valence-corrected chi connectivity index (χ3v) is 3.21. The molecule has 0 spiro atoms. The fourth-order valence-electron chi connectivity index (χ4n) is 2.19. The molecule has 3 rings (SSSR count). The van der Waals surface area contributed by atoms with Crippen molar-refractivity contribution in [3.8, 4) is 11.3 Å². The molecular weight excluding hydrogens is 256 g/mol. The molecule has 0 radical (unpaired) electrons. The molecule has 0 unspecified atom stereocenters. The molecule has 0 amide bonds. The van der Waals surface area contributed by atoms with Crippen LogP contribution < -0.4 is 0 Å². The highest BCUT2D eigenvalue weighted by atomic mass is 16.4. The van der Waals surface area contributed by atoms with E-state index in [1.807, 2.05) is 0 Å². The second-order valence-electron chi connectivity index (χ2n) is 4.48. The fraction of sp³-hybridized carbons (Fsp3) is 0.0667. The lowest BCUT2D eigenvalue weighted by molar-refractivity contribution is 0.0697. The number of aliphatic hydroxyl groups excluding tert-OH is 1. The summed E-state index contributed by atoms with van der Waals surface area (Å²) < 4.78 is 0. The number of carbonyl (C=O) groups is 1. The van der Waals surface area contributed by atoms with E-state index < -0.39 is 5.97 Å². The topological polar surface area (TPSA) is 86.2 Å². The minimum absolute atomic E-state index is 0.0573. The van der Waals surface area contributed by atoms with E-state index in [2.05, 4.69) is 9.97 Å². The van der Waals surface area contributed by atoms with Crippen molar-refractivity contribution in [1.29, 1.82) is 0 Å². The van der Waals surface area contributed by atoms with Crippen LogP contribution in [0.2, 0.25) is 0 Å². The average Bonchev–Trinajstić information content (AvgIpc) is 2.90. The van der Waals surface area contributed by atoms with Crippen molar-refractivity contribution in [3.05, 3.63) is 53.9 Å². The second-order valence-corrected chi connectivity index (χ2v) is 4.48. The summed E-state index contributed by atoms with van der Waals surface area (Å²) in [5.41, 5.74) is 3.36. The Balaban J connectivity index is 2.20. The van der Waals surface area contributed by atoms with Crippen LogP contribution in [0.3, 0.4) is 0 Å². The summed E-state index contributed by atoms with van der Waals surface area (Å²) in [6.07, 6.45) is 3.42. The van der Waals surface area contributed by atoms with Crippen molar-refractivity contribution in [2.75, 3.05) is 0 Å². The third kappa shape index (κ3) is 2.04. The van der Waals surface area contributed by atoms with Crippen molar-refractivity contribution < 1.29 is 15.0 Å². The summed E-state index contributed by atoms with van der Waals surface area (Å²) in [7, 11) is 0. The zero-order chi connectivity index (χ0) is 14.1. The van der Waals surface area contributed by atoms with Gasteiger partial charge in [-0.3, -0.25) is 4.98 Å². The minimum Gasteiger partial charge on any atom is -0.478 e. The second kappa shape index (κ2) is 4.79. The van der Waals surface area contributed by atoms with E-state index in [1.165, 1.54) is 0 Å². The molecule has 0 aliphatic rings. The van der Waals surface area contributed by atoms with E-state index in [1.54, 1.807) is 42.7 Å². The zero-order valence-corrected chi connectivity index (χ0v) is 10.5. The van der Waals surface area contributed by atoms with Gasteiger partial charge in [-0.1, -0.05) is 0 Å². The smallest absolute Gasteiger partial charge is 0.335 e. The van der Waals surface area contributed by atoms with Gasteiger partial charge in [-0.05, 0) is 35.9 Å². The predicted octanol–water partition coefficient (Wildman–Crippen LogP) is 2.42. The predicted molar refractivity (Wildman–Crippen MR) is 74.4 cm³/mol. The molecule has 100 valence electrons. The summed E-state index contributed by atoms with van der Waals surface area (Å²) in [6.45, 7) is -0.0573. The molecule has 2 heterocycles. The van der Waals surface area contributed by atoms with Crippen LogP contribution >= 0.6 is 0 Å². The number of benzene rings is 1. The number of fused-ring (bicyclic) bond motifs is 1. The molecule has 0 saturated carbocycles. The Morgan fingerprint density at radius 3 is 2.85 bits per heavy atom. The normalized spacial score (nSPS) is 10.8. The maximum absolute atomic E-state index is 11.1. The van der Waals surface area contributed by atoms with Crippen LogP contribution in [0.15, 0.2) is 42.7 Å². The lowest BCUT2D eigenvalue weighted by Crippen LogP contribution is -1.95. The SMILES string of the molecule is O=C(O)c1ccc2[nH]cc(-c3cc(CO)ccn3)c2c1. The highest BCUT2D eigenvalue weighted by Gasteiger charge is 2.11. The number of rotatable bonds is 3. The van der Waals surface area contributed by atoms with Crippen molar-refractivity contribution >= 4 is 16.9 Å². The van der Waals surface area contributed by atoms with Crippen LogP contribution in [0.4, 0.5) is 0 Å². The maximum atomic E-state index is 11.1. The van der Waals surface area contributed by atoms with Gasteiger partial charge in [0.1, 0.15) is 0 Å². The fourth-order valence-corrected chi connectivity index (χ4v) is 2.19. The first-order chi connectivity index (χ1) is 9.69. The largest absolute Gasteiger partial charge is 0.478 e. The van der Waals surface area contributed by atoms with E-state index in [9.17, 15) is 9.90 Å². The number of aliphatic hydroxyl groups is 1. The van der Waals surface area contributed by atoms with E-state index in [4.69, 9.17) is 5.11 Å². The molecule has 0 fully saturated rings. The maximum Gasteiger partial charge on any atom is 0.335 e. The molecule has 1 aromatic carbocycles. The number of H-pyrrole nitrogens is 1. The Morgan fingerprint density at radius 1 is 1.25 bits per heavy atom. The summed E-state index contributed by atoms with van der Waals surface area (Å²) in [4.78, 5) is 18.4. The highest BCUT2D eigenvalue weighted by molar-refractivity contribution is 5.99. The first-order valence-corrected chi connectivity index (χ1v) is 6.09. The molecule has 0 aliphatic heterocycles. The summed E-state index contributed by atoms with van der Waals surface area (Å²) in [5, 5.41) is 19.0. The van der Waals surface area contributed by atoms with E-state index in [0.717, 1.165) is 22.0 Å². The Hall–Kier alpha value is -2.66. The first-order valence-electron chi connectivity index (χ1n) is 6.09. The van der Waals surface area contributed by atoms with Gasteiger partial charge in [0.25, 0.3) is 0 Å². The molecule has 3 N–H and O–H groups in total.